The first-order chi connectivity index (χ1) is 11.7. The van der Waals surface area contributed by atoms with Crippen molar-refractivity contribution in [2.75, 3.05) is 13.1 Å². The first-order valence-electron chi connectivity index (χ1n) is 7.49. The summed E-state index contributed by atoms with van der Waals surface area (Å²) in [6.45, 7) is 1.57. The number of carbonyl (C=O) groups excluding carboxylic acids is 1. The predicted molar refractivity (Wildman–Crippen MR) is 80.5 cm³/mol. The van der Waals surface area contributed by atoms with E-state index >= 15 is 0 Å². The Morgan fingerprint density at radius 2 is 1.88 bits per heavy atom. The van der Waals surface area contributed by atoms with Crippen LogP contribution in [-0.2, 0) is 6.54 Å². The largest absolute Gasteiger partial charge is 0.334 e. The summed E-state index contributed by atoms with van der Waals surface area (Å²) in [5, 5.41) is 16.3. The van der Waals surface area contributed by atoms with Crippen molar-refractivity contribution in [1.82, 2.24) is 34.9 Å². The molecular weight excluding hydrogens is 313 g/mol. The highest BCUT2D eigenvalue weighted by molar-refractivity contribution is 5.94. The van der Waals surface area contributed by atoms with Gasteiger partial charge in [-0.05, 0) is 24.3 Å². The molecule has 0 radical (unpaired) electrons. The summed E-state index contributed by atoms with van der Waals surface area (Å²) >= 11 is 0. The molecule has 1 amide bonds. The molecule has 1 aromatic carbocycles. The minimum absolute atomic E-state index is 0.0984. The third-order valence-electron chi connectivity index (χ3n) is 3.94. The van der Waals surface area contributed by atoms with Gasteiger partial charge in [0.05, 0.1) is 24.6 Å². The summed E-state index contributed by atoms with van der Waals surface area (Å²) in [7, 11) is 0. The van der Waals surface area contributed by atoms with E-state index in [1.54, 1.807) is 22.0 Å². The smallest absolute Gasteiger partial charge is 0.254 e. The van der Waals surface area contributed by atoms with Gasteiger partial charge in [-0.15, -0.1) is 5.10 Å². The SMILES string of the molecule is O=C(c1ccc(F)cc1)N1CC(n2cc(Cn3nccn3)nn2)C1. The van der Waals surface area contributed by atoms with Crippen molar-refractivity contribution in [3.63, 3.8) is 0 Å². The topological polar surface area (TPSA) is 81.7 Å². The van der Waals surface area contributed by atoms with Crippen LogP contribution in [0.25, 0.3) is 0 Å². The van der Waals surface area contributed by atoms with Crippen molar-refractivity contribution in [1.29, 1.82) is 0 Å². The van der Waals surface area contributed by atoms with Gasteiger partial charge in [-0.1, -0.05) is 5.21 Å². The van der Waals surface area contributed by atoms with Crippen LogP contribution in [0.15, 0.2) is 42.9 Å². The lowest BCUT2D eigenvalue weighted by Crippen LogP contribution is -2.50. The minimum atomic E-state index is -0.352. The molecule has 0 N–H and O–H groups in total. The first kappa shape index (κ1) is 14.5. The molecule has 9 heteroatoms. The molecule has 122 valence electrons. The summed E-state index contributed by atoms with van der Waals surface area (Å²) in [5.74, 6) is -0.456. The molecule has 0 saturated carbocycles. The second-order valence-corrected chi connectivity index (χ2v) is 5.62. The normalized spacial score (nSPS) is 14.6. The standard InChI is InChI=1S/C15H14FN7O/c16-12-3-1-11(2-4-12)15(24)21-9-14(10-21)22-7-13(19-20-22)8-23-17-5-6-18-23/h1-7,14H,8-10H2. The van der Waals surface area contributed by atoms with Crippen molar-refractivity contribution in [3.05, 3.63) is 59.9 Å². The van der Waals surface area contributed by atoms with Crippen LogP contribution in [0.1, 0.15) is 22.1 Å². The summed E-state index contributed by atoms with van der Waals surface area (Å²) in [6.07, 6.45) is 5.05. The number of aromatic nitrogens is 6. The molecular formula is C15H14FN7O. The number of nitrogens with zero attached hydrogens (tertiary/aromatic N) is 7. The van der Waals surface area contributed by atoms with Crippen LogP contribution in [0.2, 0.25) is 0 Å². The van der Waals surface area contributed by atoms with Crippen molar-refractivity contribution in [2.24, 2.45) is 0 Å². The summed E-state index contributed by atoms with van der Waals surface area (Å²) in [5.41, 5.74) is 1.24. The van der Waals surface area contributed by atoms with E-state index in [2.05, 4.69) is 20.5 Å². The second kappa shape index (κ2) is 5.84. The highest BCUT2D eigenvalue weighted by Crippen LogP contribution is 2.22. The Labute approximate surface area is 136 Å². The van der Waals surface area contributed by atoms with E-state index in [-0.39, 0.29) is 17.8 Å². The van der Waals surface area contributed by atoms with Gasteiger partial charge in [0, 0.05) is 18.7 Å². The number of halogens is 1. The molecule has 1 aliphatic rings. The number of benzene rings is 1. The van der Waals surface area contributed by atoms with E-state index in [1.165, 1.54) is 29.1 Å². The second-order valence-electron chi connectivity index (χ2n) is 5.62. The maximum absolute atomic E-state index is 12.9. The van der Waals surface area contributed by atoms with E-state index in [0.29, 0.717) is 25.2 Å². The van der Waals surface area contributed by atoms with Crippen LogP contribution >= 0.6 is 0 Å². The highest BCUT2D eigenvalue weighted by Gasteiger charge is 2.33. The van der Waals surface area contributed by atoms with E-state index in [0.717, 1.165) is 5.69 Å². The van der Waals surface area contributed by atoms with Gasteiger partial charge >= 0.3 is 0 Å². The van der Waals surface area contributed by atoms with Crippen LogP contribution in [0.4, 0.5) is 4.39 Å². The third-order valence-corrected chi connectivity index (χ3v) is 3.94. The van der Waals surface area contributed by atoms with Crippen LogP contribution in [0, 0.1) is 5.82 Å². The van der Waals surface area contributed by atoms with Crippen molar-refractivity contribution in [3.8, 4) is 0 Å². The summed E-state index contributed by atoms with van der Waals surface area (Å²) < 4.78 is 14.7. The van der Waals surface area contributed by atoms with Gasteiger partial charge in [-0.3, -0.25) is 4.79 Å². The minimum Gasteiger partial charge on any atom is -0.334 e. The van der Waals surface area contributed by atoms with Crippen LogP contribution in [0.3, 0.4) is 0 Å². The number of likely N-dealkylation sites (tertiary alicyclic amines) is 1. The van der Waals surface area contributed by atoms with E-state index in [4.69, 9.17) is 0 Å². The quantitative estimate of drug-likeness (QED) is 0.706. The van der Waals surface area contributed by atoms with Gasteiger partial charge in [0.25, 0.3) is 5.91 Å². The van der Waals surface area contributed by atoms with Gasteiger partial charge in [-0.25, -0.2) is 9.07 Å². The fourth-order valence-corrected chi connectivity index (χ4v) is 2.60. The molecule has 2 aromatic heterocycles. The van der Waals surface area contributed by atoms with Gasteiger partial charge in [-0.2, -0.15) is 15.0 Å². The first-order valence-corrected chi connectivity index (χ1v) is 7.49. The fourth-order valence-electron chi connectivity index (χ4n) is 2.60. The molecule has 0 bridgehead atoms. The number of carbonyl (C=O) groups is 1. The molecule has 8 nitrogen and oxygen atoms in total. The molecule has 3 aromatic rings. The molecule has 1 aliphatic heterocycles. The number of hydrogen-bond donors (Lipinski definition) is 0. The van der Waals surface area contributed by atoms with Crippen LogP contribution in [0.5, 0.6) is 0 Å². The number of hydrogen-bond acceptors (Lipinski definition) is 5. The van der Waals surface area contributed by atoms with Gasteiger partial charge in [0.1, 0.15) is 18.1 Å². The van der Waals surface area contributed by atoms with E-state index in [1.807, 2.05) is 6.20 Å². The van der Waals surface area contributed by atoms with Crippen LogP contribution in [-0.4, -0.2) is 53.9 Å². The predicted octanol–water partition coefficient (Wildman–Crippen LogP) is 0.754. The summed E-state index contributed by atoms with van der Waals surface area (Å²) in [4.78, 5) is 15.5. The Bertz CT molecular complexity index is 837. The third kappa shape index (κ3) is 2.75. The average molecular weight is 327 g/mol. The molecule has 1 fully saturated rings. The monoisotopic (exact) mass is 327 g/mol. The molecule has 1 saturated heterocycles. The molecule has 0 spiro atoms. The Balaban J connectivity index is 1.36. The zero-order valence-corrected chi connectivity index (χ0v) is 12.7. The Kier molecular flexibility index (Phi) is 3.52. The van der Waals surface area contributed by atoms with E-state index < -0.39 is 0 Å². The zero-order valence-electron chi connectivity index (χ0n) is 12.7. The average Bonchev–Trinajstić information content (AvgIpc) is 3.19. The van der Waals surface area contributed by atoms with Crippen LogP contribution < -0.4 is 0 Å². The maximum atomic E-state index is 12.9. The Hall–Kier alpha value is -3.10. The fraction of sp³-hybridized carbons (Fsp3) is 0.267. The Morgan fingerprint density at radius 1 is 1.17 bits per heavy atom. The molecule has 0 aliphatic carbocycles. The molecule has 0 atom stereocenters. The molecule has 4 rings (SSSR count). The molecule has 0 unspecified atom stereocenters. The molecule has 24 heavy (non-hydrogen) atoms. The lowest BCUT2D eigenvalue weighted by molar-refractivity contribution is 0.0498. The summed E-state index contributed by atoms with van der Waals surface area (Å²) in [6, 6.07) is 5.67. The zero-order chi connectivity index (χ0) is 16.5. The lowest BCUT2D eigenvalue weighted by atomic mass is 10.1. The van der Waals surface area contributed by atoms with Gasteiger partial charge in [0.15, 0.2) is 0 Å². The van der Waals surface area contributed by atoms with Gasteiger partial charge in [0.2, 0.25) is 0 Å². The Morgan fingerprint density at radius 3 is 2.58 bits per heavy atom. The van der Waals surface area contributed by atoms with Crippen molar-refractivity contribution in [2.45, 2.75) is 12.6 Å². The number of rotatable bonds is 4. The van der Waals surface area contributed by atoms with Crippen molar-refractivity contribution < 1.29 is 9.18 Å². The maximum Gasteiger partial charge on any atom is 0.254 e. The van der Waals surface area contributed by atoms with Crippen molar-refractivity contribution >= 4 is 5.91 Å². The highest BCUT2D eigenvalue weighted by atomic mass is 19.1. The lowest BCUT2D eigenvalue weighted by Gasteiger charge is -2.38. The molecule has 3 heterocycles. The van der Waals surface area contributed by atoms with E-state index in [9.17, 15) is 9.18 Å². The van der Waals surface area contributed by atoms with Gasteiger partial charge < -0.3 is 4.90 Å². The number of amides is 1.